The van der Waals surface area contributed by atoms with Crippen LogP contribution in [0.25, 0.3) is 0 Å². The first-order valence-electron chi connectivity index (χ1n) is 7.02. The van der Waals surface area contributed by atoms with E-state index < -0.39 is 19.4 Å². The van der Waals surface area contributed by atoms with Gasteiger partial charge in [-0.3, -0.25) is 0 Å². The van der Waals surface area contributed by atoms with Gasteiger partial charge in [-0.25, -0.2) is 13.9 Å². The quantitative estimate of drug-likeness (QED) is 0.695. The SMILES string of the molecule is O=C(O)c1c(Cn2cc(CF)nn2)ccc2c1O[B-](O)(O)CC2. The minimum absolute atomic E-state index is 0.00828. The van der Waals surface area contributed by atoms with Crippen LogP contribution in [-0.2, 0) is 19.6 Å². The van der Waals surface area contributed by atoms with Crippen molar-refractivity contribution in [2.75, 3.05) is 0 Å². The number of carboxylic acids is 1. The van der Waals surface area contributed by atoms with E-state index in [9.17, 15) is 24.3 Å². The van der Waals surface area contributed by atoms with Crippen molar-refractivity contribution >= 4 is 12.7 Å². The van der Waals surface area contributed by atoms with E-state index in [-0.39, 0.29) is 29.9 Å². The highest BCUT2D eigenvalue weighted by atomic mass is 19.1. The van der Waals surface area contributed by atoms with E-state index in [0.29, 0.717) is 17.5 Å². The zero-order valence-electron chi connectivity index (χ0n) is 12.0. The molecule has 2 heterocycles. The van der Waals surface area contributed by atoms with Crippen molar-refractivity contribution in [2.45, 2.75) is 26.0 Å². The number of alkyl halides is 1. The lowest BCUT2D eigenvalue weighted by molar-refractivity contribution is 0.0692. The lowest BCUT2D eigenvalue weighted by atomic mass is 9.70. The molecule has 1 aromatic heterocycles. The molecular formula is C13H14BFN3O5-. The number of carbonyl (C=O) groups is 1. The van der Waals surface area contributed by atoms with Gasteiger partial charge in [0.15, 0.2) is 0 Å². The maximum Gasteiger partial charge on any atom is 0.430 e. The zero-order chi connectivity index (χ0) is 16.6. The van der Waals surface area contributed by atoms with Gasteiger partial charge in [-0.15, -0.1) is 5.10 Å². The van der Waals surface area contributed by atoms with Crippen LogP contribution in [0.15, 0.2) is 18.3 Å². The maximum atomic E-state index is 12.5. The summed E-state index contributed by atoms with van der Waals surface area (Å²) in [5.74, 6) is -1.30. The van der Waals surface area contributed by atoms with E-state index >= 15 is 0 Å². The lowest BCUT2D eigenvalue weighted by Gasteiger charge is -2.37. The fourth-order valence-electron chi connectivity index (χ4n) is 2.61. The van der Waals surface area contributed by atoms with E-state index in [2.05, 4.69) is 10.3 Å². The van der Waals surface area contributed by atoms with Gasteiger partial charge in [-0.05, 0) is 17.5 Å². The van der Waals surface area contributed by atoms with Crippen LogP contribution in [0.4, 0.5) is 4.39 Å². The molecule has 3 rings (SSSR count). The predicted octanol–water partition coefficient (Wildman–Crippen LogP) is 0.352. The van der Waals surface area contributed by atoms with Gasteiger partial charge < -0.3 is 19.8 Å². The molecule has 122 valence electrons. The number of hydrogen-bond acceptors (Lipinski definition) is 6. The normalized spacial score (nSPS) is 15.8. The lowest BCUT2D eigenvalue weighted by Crippen LogP contribution is -2.45. The summed E-state index contributed by atoms with van der Waals surface area (Å²) in [6.07, 6.45) is 1.69. The molecule has 8 nitrogen and oxygen atoms in total. The average molecular weight is 322 g/mol. The number of halogens is 1. The molecule has 2 aromatic rings. The number of nitrogens with zero attached hydrogens (tertiary/aromatic N) is 3. The van der Waals surface area contributed by atoms with E-state index in [1.54, 1.807) is 12.1 Å². The Bertz CT molecular complexity index is 764. The average Bonchev–Trinajstić information content (AvgIpc) is 2.93. The zero-order valence-corrected chi connectivity index (χ0v) is 12.0. The Morgan fingerprint density at radius 3 is 2.87 bits per heavy atom. The second kappa shape index (κ2) is 5.63. The van der Waals surface area contributed by atoms with Crippen molar-refractivity contribution in [1.29, 1.82) is 0 Å². The Kier molecular flexibility index (Phi) is 3.78. The van der Waals surface area contributed by atoms with Crippen LogP contribution in [0.1, 0.15) is 27.2 Å². The third-order valence-corrected chi connectivity index (χ3v) is 3.69. The summed E-state index contributed by atoms with van der Waals surface area (Å²) in [4.78, 5) is 11.6. The molecule has 10 heteroatoms. The Balaban J connectivity index is 2.02. The fraction of sp³-hybridized carbons (Fsp3) is 0.308. The molecule has 0 fully saturated rings. The number of aryl methyl sites for hydroxylation is 1. The maximum absolute atomic E-state index is 12.5. The number of fused-ring (bicyclic) bond motifs is 1. The first-order valence-corrected chi connectivity index (χ1v) is 7.02. The smallest absolute Gasteiger partial charge is 0.430 e. The van der Waals surface area contributed by atoms with Crippen molar-refractivity contribution in [3.05, 3.63) is 40.7 Å². The van der Waals surface area contributed by atoms with Crippen molar-refractivity contribution in [1.82, 2.24) is 15.0 Å². The molecular weight excluding hydrogens is 308 g/mol. The summed E-state index contributed by atoms with van der Waals surface area (Å²) in [7, 11) is 0. The highest BCUT2D eigenvalue weighted by molar-refractivity contribution is 6.59. The van der Waals surface area contributed by atoms with Crippen LogP contribution in [-0.4, -0.2) is 42.9 Å². The number of carboxylic acid groups (broad SMARTS) is 1. The Morgan fingerprint density at radius 2 is 2.22 bits per heavy atom. The highest BCUT2D eigenvalue weighted by Gasteiger charge is 2.32. The first kappa shape index (κ1) is 15.4. The molecule has 3 N–H and O–H groups in total. The summed E-state index contributed by atoms with van der Waals surface area (Å²) >= 11 is 0. The van der Waals surface area contributed by atoms with Crippen LogP contribution >= 0.6 is 0 Å². The molecule has 0 radical (unpaired) electrons. The number of rotatable bonds is 4. The number of hydrogen-bond donors (Lipinski definition) is 3. The summed E-state index contributed by atoms with van der Waals surface area (Å²) < 4.78 is 18.9. The monoisotopic (exact) mass is 322 g/mol. The molecule has 0 amide bonds. The minimum Gasteiger partial charge on any atom is -0.669 e. The second-order valence-electron chi connectivity index (χ2n) is 5.45. The summed E-state index contributed by atoms with van der Waals surface area (Å²) in [6, 6.07) is 3.28. The standard InChI is InChI=1S/C13H14BFN3O5/c15-5-10-7-18(17-16-10)6-9-2-1-8-3-4-14(21,22)23-12(8)11(9)13(19)20/h1-2,7,21-22H,3-6H2,(H,19,20)/q-1. The molecule has 0 spiro atoms. The second-order valence-corrected chi connectivity index (χ2v) is 5.45. The van der Waals surface area contributed by atoms with Crippen LogP contribution in [0, 0.1) is 0 Å². The Labute approximate surface area is 130 Å². The number of aromatic carboxylic acids is 1. The molecule has 0 saturated carbocycles. The summed E-state index contributed by atoms with van der Waals surface area (Å²) in [5.41, 5.74) is 0.924. The third kappa shape index (κ3) is 3.03. The molecule has 1 aromatic carbocycles. The molecule has 0 aliphatic carbocycles. The van der Waals surface area contributed by atoms with E-state index in [1.807, 2.05) is 0 Å². The molecule has 0 atom stereocenters. The van der Waals surface area contributed by atoms with Gasteiger partial charge in [0, 0.05) is 0 Å². The molecule has 1 aliphatic heterocycles. The first-order chi connectivity index (χ1) is 10.9. The highest BCUT2D eigenvalue weighted by Crippen LogP contribution is 2.35. The van der Waals surface area contributed by atoms with Gasteiger partial charge in [-0.1, -0.05) is 23.7 Å². The van der Waals surface area contributed by atoms with Crippen molar-refractivity contribution in [3.63, 3.8) is 0 Å². The van der Waals surface area contributed by atoms with Crippen molar-refractivity contribution < 1.29 is 29.0 Å². The van der Waals surface area contributed by atoms with E-state index in [1.165, 1.54) is 10.9 Å². The molecule has 0 bridgehead atoms. The largest absolute Gasteiger partial charge is 0.669 e. The number of aromatic nitrogens is 3. The number of benzene rings is 1. The van der Waals surface area contributed by atoms with Crippen LogP contribution in [0.2, 0.25) is 6.32 Å². The molecule has 1 aliphatic rings. The predicted molar refractivity (Wildman–Crippen MR) is 76.7 cm³/mol. The summed E-state index contributed by atoms with van der Waals surface area (Å²) in [6.45, 7) is -3.79. The molecule has 0 unspecified atom stereocenters. The van der Waals surface area contributed by atoms with Crippen LogP contribution in [0.3, 0.4) is 0 Å². The molecule has 0 saturated heterocycles. The third-order valence-electron chi connectivity index (χ3n) is 3.69. The Morgan fingerprint density at radius 1 is 1.43 bits per heavy atom. The van der Waals surface area contributed by atoms with Gasteiger partial charge in [-0.2, -0.15) is 0 Å². The molecule has 23 heavy (non-hydrogen) atoms. The van der Waals surface area contributed by atoms with Gasteiger partial charge in [0.1, 0.15) is 17.9 Å². The topological polar surface area (TPSA) is 118 Å². The minimum atomic E-state index is -3.07. The van der Waals surface area contributed by atoms with Crippen LogP contribution < -0.4 is 4.65 Å². The van der Waals surface area contributed by atoms with E-state index in [4.69, 9.17) is 4.65 Å². The Hall–Kier alpha value is -2.46. The summed E-state index contributed by atoms with van der Waals surface area (Å²) in [5, 5.41) is 36.2. The van der Waals surface area contributed by atoms with Crippen LogP contribution in [0.5, 0.6) is 5.75 Å². The van der Waals surface area contributed by atoms with Gasteiger partial charge >= 0.3 is 12.7 Å². The van der Waals surface area contributed by atoms with Crippen molar-refractivity contribution in [2.24, 2.45) is 0 Å². The fourth-order valence-corrected chi connectivity index (χ4v) is 2.61. The van der Waals surface area contributed by atoms with Gasteiger partial charge in [0.2, 0.25) is 0 Å². The van der Waals surface area contributed by atoms with Gasteiger partial charge in [0.25, 0.3) is 0 Å². The van der Waals surface area contributed by atoms with Crippen molar-refractivity contribution in [3.8, 4) is 5.75 Å². The van der Waals surface area contributed by atoms with E-state index in [0.717, 1.165) is 0 Å². The van der Waals surface area contributed by atoms with Gasteiger partial charge in [0.05, 0.1) is 18.5 Å².